The van der Waals surface area contributed by atoms with Crippen LogP contribution >= 0.6 is 0 Å². The van der Waals surface area contributed by atoms with E-state index in [1.54, 1.807) is 7.11 Å². The number of benzene rings is 2. The molecule has 2 aromatic carbocycles. The zero-order valence-corrected chi connectivity index (χ0v) is 17.3. The lowest BCUT2D eigenvalue weighted by atomic mass is 10.0. The molecule has 0 bridgehead atoms. The summed E-state index contributed by atoms with van der Waals surface area (Å²) in [7, 11) is 8.06. The quantitative estimate of drug-likeness (QED) is 0.501. The topological polar surface area (TPSA) is 42.3 Å². The Kier molecular flexibility index (Phi) is 4.85. The number of pyridine rings is 1. The summed E-state index contributed by atoms with van der Waals surface area (Å²) in [4.78, 5) is 6.97. The number of rotatable bonds is 6. The minimum absolute atomic E-state index is 0.878. The van der Waals surface area contributed by atoms with Crippen molar-refractivity contribution in [3.8, 4) is 5.75 Å². The molecule has 0 aliphatic heterocycles. The standard InChI is InChI=1S/C23H28N4O/c1-15-14-25-23(24-11-6-12-26(2)3)21-20-18-9-8-17(28-5)13-16(18)7-10-19(20)27(4)22(15)21/h7-10,13-14H,6,11-12H2,1-5H3,(H,24,25). The van der Waals surface area contributed by atoms with E-state index < -0.39 is 0 Å². The maximum Gasteiger partial charge on any atom is 0.136 e. The van der Waals surface area contributed by atoms with Crippen LogP contribution < -0.4 is 10.1 Å². The van der Waals surface area contributed by atoms with E-state index in [0.29, 0.717) is 0 Å². The average molecular weight is 377 g/mol. The van der Waals surface area contributed by atoms with Crippen LogP contribution in [0.4, 0.5) is 5.82 Å². The van der Waals surface area contributed by atoms with Gasteiger partial charge >= 0.3 is 0 Å². The van der Waals surface area contributed by atoms with Crippen LogP contribution in [0.25, 0.3) is 32.6 Å². The van der Waals surface area contributed by atoms with Crippen molar-refractivity contribution >= 4 is 38.4 Å². The van der Waals surface area contributed by atoms with Crippen molar-refractivity contribution < 1.29 is 4.74 Å². The summed E-state index contributed by atoms with van der Waals surface area (Å²) in [6.45, 7) is 4.09. The number of methoxy groups -OCH3 is 1. The Morgan fingerprint density at radius 3 is 2.71 bits per heavy atom. The Morgan fingerprint density at radius 2 is 1.96 bits per heavy atom. The van der Waals surface area contributed by atoms with Crippen LogP contribution in [0.3, 0.4) is 0 Å². The van der Waals surface area contributed by atoms with Gasteiger partial charge in [0.2, 0.25) is 0 Å². The Morgan fingerprint density at radius 1 is 1.14 bits per heavy atom. The highest BCUT2D eigenvalue weighted by Gasteiger charge is 2.17. The summed E-state index contributed by atoms with van der Waals surface area (Å²) in [6, 6.07) is 10.7. The summed E-state index contributed by atoms with van der Waals surface area (Å²) in [5, 5.41) is 8.46. The van der Waals surface area contributed by atoms with Crippen molar-refractivity contribution in [3.05, 3.63) is 42.1 Å². The van der Waals surface area contributed by atoms with Gasteiger partial charge in [0.15, 0.2) is 0 Å². The third-order valence-electron chi connectivity index (χ3n) is 5.46. The number of nitrogens with one attached hydrogen (secondary N) is 1. The van der Waals surface area contributed by atoms with Crippen molar-refractivity contribution in [1.29, 1.82) is 0 Å². The molecule has 2 heterocycles. The second kappa shape index (κ2) is 7.32. The van der Waals surface area contributed by atoms with E-state index in [2.05, 4.69) is 67.1 Å². The maximum absolute atomic E-state index is 5.42. The van der Waals surface area contributed by atoms with E-state index in [1.165, 1.54) is 38.1 Å². The van der Waals surface area contributed by atoms with Gasteiger partial charge in [0.1, 0.15) is 11.6 Å². The molecule has 4 aromatic rings. The number of hydrogen-bond acceptors (Lipinski definition) is 4. The molecule has 0 aliphatic carbocycles. The van der Waals surface area contributed by atoms with Gasteiger partial charge in [0.25, 0.3) is 0 Å². The van der Waals surface area contributed by atoms with Crippen molar-refractivity contribution in [3.63, 3.8) is 0 Å². The number of hydrogen-bond donors (Lipinski definition) is 1. The molecule has 0 radical (unpaired) electrons. The molecular formula is C23H28N4O. The van der Waals surface area contributed by atoms with Gasteiger partial charge in [0.05, 0.1) is 18.0 Å². The SMILES string of the molecule is COc1ccc2c(ccc3c2c2c(NCCCN(C)C)ncc(C)c2n3C)c1. The normalized spacial score (nSPS) is 11.8. The molecule has 0 saturated carbocycles. The van der Waals surface area contributed by atoms with Crippen LogP contribution in [0.5, 0.6) is 5.75 Å². The van der Waals surface area contributed by atoms with E-state index in [-0.39, 0.29) is 0 Å². The molecule has 0 saturated heterocycles. The smallest absolute Gasteiger partial charge is 0.136 e. The minimum atomic E-state index is 0.878. The number of anilines is 1. The van der Waals surface area contributed by atoms with Crippen LogP contribution in [0, 0.1) is 6.92 Å². The van der Waals surface area contributed by atoms with E-state index in [0.717, 1.165) is 31.1 Å². The first-order valence-corrected chi connectivity index (χ1v) is 9.74. The molecule has 5 nitrogen and oxygen atoms in total. The number of aryl methyl sites for hydroxylation is 2. The Labute approximate surface area is 165 Å². The Bertz CT molecular complexity index is 1160. The van der Waals surface area contributed by atoms with Gasteiger partial charge in [-0.3, -0.25) is 0 Å². The summed E-state index contributed by atoms with van der Waals surface area (Å²) in [6.07, 6.45) is 3.05. The largest absolute Gasteiger partial charge is 0.497 e. The van der Waals surface area contributed by atoms with Gasteiger partial charge in [-0.05, 0) is 74.6 Å². The van der Waals surface area contributed by atoms with E-state index in [4.69, 9.17) is 9.72 Å². The molecule has 0 fully saturated rings. The highest BCUT2D eigenvalue weighted by Crippen LogP contribution is 2.39. The lowest BCUT2D eigenvalue weighted by Crippen LogP contribution is -2.16. The fourth-order valence-corrected chi connectivity index (χ4v) is 4.09. The van der Waals surface area contributed by atoms with Gasteiger partial charge < -0.3 is 19.5 Å². The number of ether oxygens (including phenoxy) is 1. The zero-order chi connectivity index (χ0) is 19.8. The van der Waals surface area contributed by atoms with Crippen molar-refractivity contribution in [2.45, 2.75) is 13.3 Å². The highest BCUT2D eigenvalue weighted by atomic mass is 16.5. The number of aromatic nitrogens is 2. The molecule has 146 valence electrons. The van der Waals surface area contributed by atoms with Gasteiger partial charge in [0, 0.05) is 30.7 Å². The molecule has 5 heteroatoms. The van der Waals surface area contributed by atoms with Crippen LogP contribution in [-0.2, 0) is 7.05 Å². The second-order valence-corrected chi connectivity index (χ2v) is 7.70. The molecule has 0 amide bonds. The van der Waals surface area contributed by atoms with E-state index >= 15 is 0 Å². The number of fused-ring (bicyclic) bond motifs is 5. The fraction of sp³-hybridized carbons (Fsp3) is 0.348. The molecule has 1 N–H and O–H groups in total. The van der Waals surface area contributed by atoms with Crippen molar-refractivity contribution in [2.75, 3.05) is 39.6 Å². The van der Waals surface area contributed by atoms with Gasteiger partial charge in [-0.1, -0.05) is 6.07 Å². The van der Waals surface area contributed by atoms with Gasteiger partial charge in [-0.25, -0.2) is 4.98 Å². The lowest BCUT2D eigenvalue weighted by Gasteiger charge is -2.12. The molecule has 2 aromatic heterocycles. The van der Waals surface area contributed by atoms with Gasteiger partial charge in [-0.2, -0.15) is 0 Å². The third kappa shape index (κ3) is 3.06. The minimum Gasteiger partial charge on any atom is -0.497 e. The Hall–Kier alpha value is -2.79. The van der Waals surface area contributed by atoms with Crippen LogP contribution in [-0.4, -0.2) is 48.7 Å². The summed E-state index contributed by atoms with van der Waals surface area (Å²) in [5.41, 5.74) is 3.65. The molecule has 4 rings (SSSR count). The predicted molar refractivity (Wildman–Crippen MR) is 119 cm³/mol. The first-order valence-electron chi connectivity index (χ1n) is 9.74. The third-order valence-corrected chi connectivity index (χ3v) is 5.46. The highest BCUT2D eigenvalue weighted by molar-refractivity contribution is 6.24. The lowest BCUT2D eigenvalue weighted by molar-refractivity contribution is 0.405. The molecule has 0 unspecified atom stereocenters. The summed E-state index contributed by atoms with van der Waals surface area (Å²) >= 11 is 0. The van der Waals surface area contributed by atoms with Crippen LogP contribution in [0.15, 0.2) is 36.5 Å². The molecule has 0 atom stereocenters. The van der Waals surface area contributed by atoms with Gasteiger partial charge in [-0.15, -0.1) is 0 Å². The number of nitrogens with zero attached hydrogens (tertiary/aromatic N) is 3. The molecule has 0 spiro atoms. The van der Waals surface area contributed by atoms with Crippen LogP contribution in [0.2, 0.25) is 0 Å². The molecular weight excluding hydrogens is 348 g/mol. The monoisotopic (exact) mass is 376 g/mol. The summed E-state index contributed by atoms with van der Waals surface area (Å²) in [5.74, 6) is 1.84. The summed E-state index contributed by atoms with van der Waals surface area (Å²) < 4.78 is 7.71. The molecule has 0 aliphatic rings. The zero-order valence-electron chi connectivity index (χ0n) is 17.3. The van der Waals surface area contributed by atoms with E-state index in [9.17, 15) is 0 Å². The second-order valence-electron chi connectivity index (χ2n) is 7.70. The van der Waals surface area contributed by atoms with Crippen molar-refractivity contribution in [1.82, 2.24) is 14.5 Å². The van der Waals surface area contributed by atoms with Crippen LogP contribution in [0.1, 0.15) is 12.0 Å². The first kappa shape index (κ1) is 18.6. The fourth-order valence-electron chi connectivity index (χ4n) is 4.09. The van der Waals surface area contributed by atoms with Crippen molar-refractivity contribution in [2.24, 2.45) is 7.05 Å². The molecule has 28 heavy (non-hydrogen) atoms. The van der Waals surface area contributed by atoms with E-state index in [1.807, 2.05) is 12.3 Å². The maximum atomic E-state index is 5.42. The predicted octanol–water partition coefficient (Wildman–Crippen LogP) is 4.56. The average Bonchev–Trinajstić information content (AvgIpc) is 3.00. The Balaban J connectivity index is 1.94. The first-order chi connectivity index (χ1) is 13.5.